The highest BCUT2D eigenvalue weighted by atomic mass is 32.2. The lowest BCUT2D eigenvalue weighted by Gasteiger charge is -2.21. The smallest absolute Gasteiger partial charge is 0.258 e. The van der Waals surface area contributed by atoms with Gasteiger partial charge in [-0.2, -0.15) is 11.8 Å². The van der Waals surface area contributed by atoms with Crippen LogP contribution in [0.5, 0.6) is 0 Å². The number of hydrogen-bond donors (Lipinski definition) is 2. The summed E-state index contributed by atoms with van der Waals surface area (Å²) in [7, 11) is 3.93. The maximum Gasteiger partial charge on any atom is 0.258 e. The number of carbonyl (C=O) groups excluding carboxylic acids is 4. The van der Waals surface area contributed by atoms with E-state index in [0.29, 0.717) is 42.5 Å². The van der Waals surface area contributed by atoms with Crippen molar-refractivity contribution in [2.24, 2.45) is 0 Å². The molecule has 2 rings (SSSR count). The molecular weight excluding hydrogens is 484 g/mol. The number of rotatable bonds is 16. The molecule has 0 saturated carbocycles. The van der Waals surface area contributed by atoms with Crippen molar-refractivity contribution in [3.8, 4) is 0 Å². The minimum Gasteiger partial charge on any atom is -0.354 e. The molecular formula is C25H36N4O6S. The van der Waals surface area contributed by atoms with Crippen LogP contribution in [0.15, 0.2) is 36.4 Å². The standard InChI is InChI=1S/C25H36N4O6S/c1-5-34-23(35-6-2)17-36-16-20(25(33)26-14-7-15-28(3)4)27-24(32)18-8-10-19(11-9-18)29-21(30)12-13-22(29)31/h8-13,20,23H,5-7,14-17H2,1-4H3,(H,26,33)(H,27,32). The number of benzene rings is 1. The second-order valence-corrected chi connectivity index (χ2v) is 9.32. The highest BCUT2D eigenvalue weighted by molar-refractivity contribution is 7.99. The Morgan fingerprint density at radius 3 is 2.17 bits per heavy atom. The Kier molecular flexibility index (Phi) is 12.6. The molecule has 0 aliphatic carbocycles. The molecule has 10 nitrogen and oxygen atoms in total. The van der Waals surface area contributed by atoms with Crippen LogP contribution in [0, 0.1) is 0 Å². The Bertz CT molecular complexity index is 898. The van der Waals surface area contributed by atoms with Gasteiger partial charge in [0.15, 0.2) is 6.29 Å². The van der Waals surface area contributed by atoms with Crippen LogP contribution >= 0.6 is 11.8 Å². The fourth-order valence-corrected chi connectivity index (χ4v) is 4.36. The summed E-state index contributed by atoms with van der Waals surface area (Å²) < 4.78 is 11.1. The summed E-state index contributed by atoms with van der Waals surface area (Å²) >= 11 is 1.46. The fraction of sp³-hybridized carbons (Fsp3) is 0.520. The summed E-state index contributed by atoms with van der Waals surface area (Å²) in [5, 5.41) is 5.70. The molecule has 2 N–H and O–H groups in total. The van der Waals surface area contributed by atoms with Crippen LogP contribution in [-0.2, 0) is 23.9 Å². The van der Waals surface area contributed by atoms with Gasteiger partial charge in [-0.05, 0) is 65.2 Å². The highest BCUT2D eigenvalue weighted by Gasteiger charge is 2.26. The number of nitrogens with one attached hydrogen (secondary N) is 2. The van der Waals surface area contributed by atoms with E-state index in [-0.39, 0.29) is 12.2 Å². The zero-order chi connectivity index (χ0) is 26.5. The Hall–Kier alpha value is -2.73. The summed E-state index contributed by atoms with van der Waals surface area (Å²) in [6.07, 6.45) is 2.80. The second kappa shape index (κ2) is 15.4. The second-order valence-electron chi connectivity index (χ2n) is 8.24. The van der Waals surface area contributed by atoms with Crippen molar-refractivity contribution in [3.63, 3.8) is 0 Å². The molecule has 1 unspecified atom stereocenters. The number of carbonyl (C=O) groups is 4. The molecule has 11 heteroatoms. The first-order valence-corrected chi connectivity index (χ1v) is 13.1. The molecule has 0 saturated heterocycles. The first kappa shape index (κ1) is 29.5. The van der Waals surface area contributed by atoms with Crippen molar-refractivity contribution in [3.05, 3.63) is 42.0 Å². The number of nitrogens with zero attached hydrogens (tertiary/aromatic N) is 2. The number of imide groups is 1. The van der Waals surface area contributed by atoms with Gasteiger partial charge in [0.1, 0.15) is 6.04 Å². The summed E-state index contributed by atoms with van der Waals surface area (Å²) in [4.78, 5) is 52.6. The third-order valence-electron chi connectivity index (χ3n) is 5.14. The largest absolute Gasteiger partial charge is 0.354 e. The predicted octanol–water partition coefficient (Wildman–Crippen LogP) is 1.41. The first-order valence-electron chi connectivity index (χ1n) is 12.0. The molecule has 0 radical (unpaired) electrons. The van der Waals surface area contributed by atoms with E-state index >= 15 is 0 Å². The minimum atomic E-state index is -0.767. The van der Waals surface area contributed by atoms with E-state index in [0.717, 1.165) is 17.9 Å². The molecule has 1 aromatic carbocycles. The average molecular weight is 521 g/mol. The van der Waals surface area contributed by atoms with Crippen molar-refractivity contribution in [2.45, 2.75) is 32.6 Å². The van der Waals surface area contributed by atoms with Gasteiger partial charge in [0.05, 0.1) is 5.69 Å². The van der Waals surface area contributed by atoms with Gasteiger partial charge in [-0.15, -0.1) is 0 Å². The molecule has 1 atom stereocenters. The lowest BCUT2D eigenvalue weighted by atomic mass is 10.1. The van der Waals surface area contributed by atoms with E-state index in [2.05, 4.69) is 10.6 Å². The van der Waals surface area contributed by atoms with Crippen LogP contribution in [0.4, 0.5) is 5.69 Å². The van der Waals surface area contributed by atoms with E-state index in [1.165, 1.54) is 48.2 Å². The molecule has 1 heterocycles. The molecule has 198 valence electrons. The van der Waals surface area contributed by atoms with E-state index in [9.17, 15) is 19.2 Å². The quantitative estimate of drug-likeness (QED) is 0.191. The summed E-state index contributed by atoms with van der Waals surface area (Å²) in [5.74, 6) is -0.713. The molecule has 0 spiro atoms. The van der Waals surface area contributed by atoms with Gasteiger partial charge in [0.25, 0.3) is 17.7 Å². The monoisotopic (exact) mass is 520 g/mol. The maximum absolute atomic E-state index is 12.9. The average Bonchev–Trinajstić information content (AvgIpc) is 3.18. The van der Waals surface area contributed by atoms with Crippen LogP contribution in [-0.4, -0.2) is 92.8 Å². The third-order valence-corrected chi connectivity index (χ3v) is 6.22. The fourth-order valence-electron chi connectivity index (χ4n) is 3.37. The zero-order valence-corrected chi connectivity index (χ0v) is 22.1. The molecule has 0 aromatic heterocycles. The molecule has 0 bridgehead atoms. The van der Waals surface area contributed by atoms with Crippen molar-refractivity contribution >= 4 is 41.1 Å². The summed E-state index contributed by atoms with van der Waals surface area (Å²) in [5.41, 5.74) is 0.679. The van der Waals surface area contributed by atoms with Gasteiger partial charge in [0.2, 0.25) is 5.91 Å². The zero-order valence-electron chi connectivity index (χ0n) is 21.3. The van der Waals surface area contributed by atoms with Crippen molar-refractivity contribution < 1.29 is 28.7 Å². The first-order chi connectivity index (χ1) is 17.3. The molecule has 4 amide bonds. The van der Waals surface area contributed by atoms with Crippen LogP contribution in [0.3, 0.4) is 0 Å². The normalized spacial score (nSPS) is 14.1. The number of hydrogen-bond acceptors (Lipinski definition) is 8. The Balaban J connectivity index is 2.02. The Labute approximate surface area is 216 Å². The van der Waals surface area contributed by atoms with Crippen molar-refractivity contribution in [2.75, 3.05) is 56.8 Å². The number of ether oxygens (including phenoxy) is 2. The van der Waals surface area contributed by atoms with Gasteiger partial charge in [0, 0.05) is 49.0 Å². The number of amides is 4. The number of thioether (sulfide) groups is 1. The van der Waals surface area contributed by atoms with Crippen LogP contribution in [0.2, 0.25) is 0 Å². The van der Waals surface area contributed by atoms with Gasteiger partial charge in [-0.1, -0.05) is 0 Å². The molecule has 0 fully saturated rings. The van der Waals surface area contributed by atoms with Gasteiger partial charge < -0.3 is 25.0 Å². The topological polar surface area (TPSA) is 117 Å². The van der Waals surface area contributed by atoms with Crippen molar-refractivity contribution in [1.29, 1.82) is 0 Å². The van der Waals surface area contributed by atoms with Crippen LogP contribution in [0.25, 0.3) is 0 Å². The number of anilines is 1. The van der Waals surface area contributed by atoms with Crippen LogP contribution in [0.1, 0.15) is 30.6 Å². The summed E-state index contributed by atoms with van der Waals surface area (Å²) in [6.45, 7) is 6.13. The minimum absolute atomic E-state index is 0.269. The van der Waals surface area contributed by atoms with Crippen molar-refractivity contribution in [1.82, 2.24) is 15.5 Å². The van der Waals surface area contributed by atoms with E-state index in [1.54, 1.807) is 0 Å². The molecule has 1 aromatic rings. The van der Waals surface area contributed by atoms with Gasteiger partial charge in [-0.25, -0.2) is 4.90 Å². The molecule has 1 aliphatic rings. The Morgan fingerprint density at radius 2 is 1.61 bits per heavy atom. The third kappa shape index (κ3) is 9.38. The predicted molar refractivity (Wildman–Crippen MR) is 140 cm³/mol. The lowest BCUT2D eigenvalue weighted by Crippen LogP contribution is -2.48. The maximum atomic E-state index is 12.9. The van der Waals surface area contributed by atoms with Gasteiger partial charge in [-0.3, -0.25) is 19.2 Å². The SMILES string of the molecule is CCOC(CSCC(NC(=O)c1ccc(N2C(=O)C=CC2=O)cc1)C(=O)NCCCN(C)C)OCC. The Morgan fingerprint density at radius 1 is 1.00 bits per heavy atom. The van der Waals surface area contributed by atoms with E-state index < -0.39 is 23.8 Å². The highest BCUT2D eigenvalue weighted by Crippen LogP contribution is 2.19. The van der Waals surface area contributed by atoms with Crippen LogP contribution < -0.4 is 15.5 Å². The van der Waals surface area contributed by atoms with E-state index in [1.807, 2.05) is 32.8 Å². The molecule has 1 aliphatic heterocycles. The van der Waals surface area contributed by atoms with Gasteiger partial charge >= 0.3 is 0 Å². The lowest BCUT2D eigenvalue weighted by molar-refractivity contribution is -0.123. The summed E-state index contributed by atoms with van der Waals surface area (Å²) in [6, 6.07) is 5.32. The molecule has 36 heavy (non-hydrogen) atoms. The van der Waals surface area contributed by atoms with E-state index in [4.69, 9.17) is 9.47 Å².